The van der Waals surface area contributed by atoms with Crippen LogP contribution in [0.4, 0.5) is 11.4 Å². The number of anilines is 2. The number of hydrogen-bond acceptors (Lipinski definition) is 7. The summed E-state index contributed by atoms with van der Waals surface area (Å²) in [5.41, 5.74) is 3.46. The molecule has 36 heavy (non-hydrogen) atoms. The van der Waals surface area contributed by atoms with Gasteiger partial charge in [-0.1, -0.05) is 35.3 Å². The summed E-state index contributed by atoms with van der Waals surface area (Å²) in [5, 5.41) is 24.4. The fourth-order valence-electron chi connectivity index (χ4n) is 4.40. The van der Waals surface area contributed by atoms with Crippen LogP contribution in [0, 0.1) is 11.3 Å². The minimum absolute atomic E-state index is 0.163. The van der Waals surface area contributed by atoms with Crippen molar-refractivity contribution in [2.45, 2.75) is 25.5 Å². The first-order valence-corrected chi connectivity index (χ1v) is 13.1. The summed E-state index contributed by atoms with van der Waals surface area (Å²) in [7, 11) is 1.54. The summed E-state index contributed by atoms with van der Waals surface area (Å²) in [6.45, 7) is 2.75. The molecule has 0 saturated carbocycles. The van der Waals surface area contributed by atoms with Gasteiger partial charge in [0.25, 0.3) is 0 Å². The van der Waals surface area contributed by atoms with Crippen LogP contribution in [-0.2, 0) is 6.54 Å². The molecule has 0 atom stereocenters. The Balaban J connectivity index is 1.44. The van der Waals surface area contributed by atoms with Gasteiger partial charge in [0.05, 0.1) is 45.7 Å². The van der Waals surface area contributed by atoms with Gasteiger partial charge in [-0.25, -0.2) is 0 Å². The lowest BCUT2D eigenvalue weighted by Gasteiger charge is -2.28. The zero-order chi connectivity index (χ0) is 25.2. The van der Waals surface area contributed by atoms with Crippen LogP contribution in [0.15, 0.2) is 48.7 Å². The van der Waals surface area contributed by atoms with E-state index < -0.39 is 0 Å². The number of methoxy groups -OCH3 is 1. The van der Waals surface area contributed by atoms with Gasteiger partial charge in [-0.3, -0.25) is 9.88 Å². The van der Waals surface area contributed by atoms with Crippen molar-refractivity contribution in [3.63, 3.8) is 0 Å². The van der Waals surface area contributed by atoms with E-state index in [-0.39, 0.29) is 6.10 Å². The minimum Gasteiger partial charge on any atom is -0.495 e. The van der Waals surface area contributed by atoms with Crippen LogP contribution < -0.4 is 10.1 Å². The predicted octanol–water partition coefficient (Wildman–Crippen LogP) is 6.85. The standard InChI is InChI=1S/C27H24Cl2N4O2S/c1-35-25-12-24(21(28)11-22(25)29)32-27-17(13-30)14-31-23-10-16(2-4-20(23)27)26-5-3-19(36-26)15-33-8-6-18(34)7-9-33/h2-5,10-12,14,18,34H,6-9,15H2,1H3,(H,31,32). The number of nitriles is 1. The van der Waals surface area contributed by atoms with E-state index in [2.05, 4.69) is 33.4 Å². The quantitative estimate of drug-likeness (QED) is 0.279. The molecule has 4 aromatic rings. The molecule has 3 heterocycles. The first-order valence-electron chi connectivity index (χ1n) is 11.6. The fourth-order valence-corrected chi connectivity index (χ4v) is 5.95. The van der Waals surface area contributed by atoms with Gasteiger partial charge in [-0.2, -0.15) is 5.26 Å². The Morgan fingerprint density at radius 1 is 1.17 bits per heavy atom. The van der Waals surface area contributed by atoms with Gasteiger partial charge in [-0.15, -0.1) is 11.3 Å². The molecule has 2 aromatic carbocycles. The summed E-state index contributed by atoms with van der Waals surface area (Å²) in [6, 6.07) is 15.9. The number of likely N-dealkylation sites (tertiary alicyclic amines) is 1. The molecule has 0 aliphatic carbocycles. The molecule has 2 N–H and O–H groups in total. The van der Waals surface area contributed by atoms with E-state index in [1.807, 2.05) is 18.2 Å². The number of hydrogen-bond donors (Lipinski definition) is 2. The Labute approximate surface area is 223 Å². The molecule has 2 aromatic heterocycles. The number of benzene rings is 2. The van der Waals surface area contributed by atoms with Crippen LogP contribution in [0.25, 0.3) is 21.3 Å². The van der Waals surface area contributed by atoms with Gasteiger partial charge in [0.1, 0.15) is 11.8 Å². The number of halogens is 2. The molecule has 184 valence electrons. The SMILES string of the molecule is COc1cc(Nc2c(C#N)cnc3cc(-c4ccc(CN5CCC(O)CC5)s4)ccc23)c(Cl)cc1Cl. The van der Waals surface area contributed by atoms with Crippen LogP contribution in [0.2, 0.25) is 10.0 Å². The van der Waals surface area contributed by atoms with Gasteiger partial charge < -0.3 is 15.2 Å². The number of rotatable bonds is 6. The molecule has 1 saturated heterocycles. The highest BCUT2D eigenvalue weighted by molar-refractivity contribution is 7.15. The maximum atomic E-state index is 9.75. The summed E-state index contributed by atoms with van der Waals surface area (Å²) < 4.78 is 5.32. The highest BCUT2D eigenvalue weighted by Gasteiger charge is 2.18. The molecule has 0 amide bonds. The monoisotopic (exact) mass is 538 g/mol. The lowest BCUT2D eigenvalue weighted by molar-refractivity contribution is 0.0797. The Bertz CT molecular complexity index is 1460. The van der Waals surface area contributed by atoms with Crippen molar-refractivity contribution < 1.29 is 9.84 Å². The first-order chi connectivity index (χ1) is 17.4. The summed E-state index contributed by atoms with van der Waals surface area (Å²) in [5.74, 6) is 0.483. The average Bonchev–Trinajstić information content (AvgIpc) is 3.35. The Morgan fingerprint density at radius 3 is 2.72 bits per heavy atom. The molecule has 0 bridgehead atoms. The summed E-state index contributed by atoms with van der Waals surface area (Å²) in [6.07, 6.45) is 3.08. The van der Waals surface area contributed by atoms with E-state index in [0.717, 1.165) is 53.8 Å². The second-order valence-corrected chi connectivity index (χ2v) is 10.7. The molecule has 6 nitrogen and oxygen atoms in total. The van der Waals surface area contributed by atoms with Crippen molar-refractivity contribution in [3.8, 4) is 22.3 Å². The van der Waals surface area contributed by atoms with Crippen LogP contribution in [-0.4, -0.2) is 41.3 Å². The van der Waals surface area contributed by atoms with E-state index in [9.17, 15) is 10.4 Å². The maximum Gasteiger partial charge on any atom is 0.139 e. The minimum atomic E-state index is -0.163. The Morgan fingerprint density at radius 2 is 1.97 bits per heavy atom. The Kier molecular flexibility index (Phi) is 7.33. The average molecular weight is 539 g/mol. The Hall–Kier alpha value is -2.86. The maximum absolute atomic E-state index is 9.75. The molecule has 5 rings (SSSR count). The molecule has 0 spiro atoms. The molecule has 0 radical (unpaired) electrons. The van der Waals surface area contributed by atoms with Gasteiger partial charge in [0.2, 0.25) is 0 Å². The lowest BCUT2D eigenvalue weighted by atomic mass is 10.1. The lowest BCUT2D eigenvalue weighted by Crippen LogP contribution is -2.35. The molecule has 1 fully saturated rings. The molecular formula is C27H24Cl2N4O2S. The van der Waals surface area contributed by atoms with Crippen LogP contribution in [0.5, 0.6) is 5.75 Å². The van der Waals surface area contributed by atoms with E-state index in [1.165, 1.54) is 12.0 Å². The predicted molar refractivity (Wildman–Crippen MR) is 147 cm³/mol. The number of aromatic nitrogens is 1. The zero-order valence-electron chi connectivity index (χ0n) is 19.6. The zero-order valence-corrected chi connectivity index (χ0v) is 21.9. The molecule has 0 unspecified atom stereocenters. The van der Waals surface area contributed by atoms with Gasteiger partial charge in [0, 0.05) is 47.0 Å². The number of ether oxygens (including phenoxy) is 1. The van der Waals surface area contributed by atoms with Crippen molar-refractivity contribution in [2.24, 2.45) is 0 Å². The summed E-state index contributed by atoms with van der Waals surface area (Å²) >= 11 is 14.4. The fraction of sp³-hybridized carbons (Fsp3) is 0.259. The highest BCUT2D eigenvalue weighted by atomic mass is 35.5. The number of piperidine rings is 1. The van der Waals surface area contributed by atoms with E-state index in [0.29, 0.717) is 32.7 Å². The van der Waals surface area contributed by atoms with Crippen molar-refractivity contribution in [2.75, 3.05) is 25.5 Å². The third-order valence-electron chi connectivity index (χ3n) is 6.37. The third-order valence-corrected chi connectivity index (χ3v) is 8.10. The second kappa shape index (κ2) is 10.6. The van der Waals surface area contributed by atoms with Gasteiger partial charge in [0.15, 0.2) is 0 Å². The molecule has 1 aliphatic rings. The van der Waals surface area contributed by atoms with Crippen LogP contribution in [0.1, 0.15) is 23.3 Å². The van der Waals surface area contributed by atoms with Gasteiger partial charge in [-0.05, 0) is 42.7 Å². The number of aliphatic hydroxyl groups is 1. The largest absolute Gasteiger partial charge is 0.495 e. The highest BCUT2D eigenvalue weighted by Crippen LogP contribution is 2.39. The number of nitrogens with one attached hydrogen (secondary N) is 1. The van der Waals surface area contributed by atoms with E-state index >= 15 is 0 Å². The number of nitrogens with zero attached hydrogens (tertiary/aromatic N) is 3. The van der Waals surface area contributed by atoms with E-state index in [4.69, 9.17) is 27.9 Å². The molecule has 9 heteroatoms. The van der Waals surface area contributed by atoms with Crippen LogP contribution >= 0.6 is 34.5 Å². The smallest absolute Gasteiger partial charge is 0.139 e. The number of thiophene rings is 1. The van der Waals surface area contributed by atoms with Crippen molar-refractivity contribution in [1.82, 2.24) is 9.88 Å². The van der Waals surface area contributed by atoms with Crippen molar-refractivity contribution in [1.29, 1.82) is 5.26 Å². The molecule has 1 aliphatic heterocycles. The number of pyridine rings is 1. The summed E-state index contributed by atoms with van der Waals surface area (Å²) in [4.78, 5) is 9.40. The molecular weight excluding hydrogens is 515 g/mol. The normalized spacial score (nSPS) is 14.6. The van der Waals surface area contributed by atoms with Gasteiger partial charge >= 0.3 is 0 Å². The first kappa shape index (κ1) is 24.8. The number of aliphatic hydroxyl groups excluding tert-OH is 1. The van der Waals surface area contributed by atoms with Crippen molar-refractivity contribution in [3.05, 3.63) is 69.1 Å². The van der Waals surface area contributed by atoms with E-state index in [1.54, 1.807) is 29.7 Å². The second-order valence-electron chi connectivity index (χ2n) is 8.76. The third kappa shape index (κ3) is 5.15. The van der Waals surface area contributed by atoms with Crippen LogP contribution in [0.3, 0.4) is 0 Å². The number of fused-ring (bicyclic) bond motifs is 1. The topological polar surface area (TPSA) is 81.4 Å². The van der Waals surface area contributed by atoms with Crippen molar-refractivity contribution >= 4 is 56.8 Å².